The van der Waals surface area contributed by atoms with Gasteiger partial charge >= 0.3 is 5.97 Å². The molecule has 0 aliphatic carbocycles. The number of aromatic carboxylic acids is 1. The average Bonchev–Trinajstić information content (AvgIpc) is 2.55. The second-order valence-corrected chi connectivity index (χ2v) is 6.29. The number of carbonyl (C=O) groups excluding carboxylic acids is 1. The number of carbonyl (C=O) groups is 2. The van der Waals surface area contributed by atoms with Crippen molar-refractivity contribution >= 4 is 17.6 Å². The van der Waals surface area contributed by atoms with Crippen LogP contribution in [0.2, 0.25) is 0 Å². The predicted molar refractivity (Wildman–Crippen MR) is 99.2 cm³/mol. The summed E-state index contributed by atoms with van der Waals surface area (Å²) in [7, 11) is 0. The van der Waals surface area contributed by atoms with E-state index in [9.17, 15) is 9.59 Å². The molecule has 0 heterocycles. The maximum atomic E-state index is 12.2. The van der Waals surface area contributed by atoms with Gasteiger partial charge in [-0.15, -0.1) is 0 Å². The van der Waals surface area contributed by atoms with Crippen LogP contribution in [0.4, 0.5) is 5.69 Å². The van der Waals surface area contributed by atoms with Crippen LogP contribution in [-0.2, 0) is 4.79 Å². The van der Waals surface area contributed by atoms with E-state index in [0.717, 1.165) is 11.1 Å². The van der Waals surface area contributed by atoms with E-state index in [4.69, 9.17) is 14.6 Å². The number of anilines is 1. The lowest BCUT2D eigenvalue weighted by Gasteiger charge is -2.16. The minimum atomic E-state index is -1.08. The molecule has 0 aliphatic rings. The lowest BCUT2D eigenvalue weighted by atomic mass is 10.1. The van der Waals surface area contributed by atoms with Crippen molar-refractivity contribution in [2.24, 2.45) is 0 Å². The fraction of sp³-hybridized carbons (Fsp3) is 0.300. The van der Waals surface area contributed by atoms with Crippen LogP contribution in [0.5, 0.6) is 11.5 Å². The summed E-state index contributed by atoms with van der Waals surface area (Å²) in [6.07, 6.45) is -0.118. The highest BCUT2D eigenvalue weighted by Gasteiger charge is 2.14. The van der Waals surface area contributed by atoms with Crippen LogP contribution >= 0.6 is 0 Å². The molecule has 1 amide bonds. The topological polar surface area (TPSA) is 84.9 Å². The average molecular weight is 357 g/mol. The number of amides is 1. The molecule has 0 atom stereocenters. The van der Waals surface area contributed by atoms with Gasteiger partial charge in [0.05, 0.1) is 17.4 Å². The van der Waals surface area contributed by atoms with Gasteiger partial charge in [-0.05, 0) is 57.5 Å². The zero-order valence-corrected chi connectivity index (χ0v) is 15.3. The summed E-state index contributed by atoms with van der Waals surface area (Å²) in [6.45, 7) is 7.39. The maximum Gasteiger partial charge on any atom is 0.335 e. The zero-order chi connectivity index (χ0) is 19.3. The molecule has 2 rings (SSSR count). The van der Waals surface area contributed by atoms with Crippen LogP contribution in [0.1, 0.15) is 35.3 Å². The van der Waals surface area contributed by atoms with Crippen LogP contribution in [0, 0.1) is 13.8 Å². The Morgan fingerprint density at radius 3 is 2.38 bits per heavy atom. The summed E-state index contributed by atoms with van der Waals surface area (Å²) in [5, 5.41) is 11.8. The first kappa shape index (κ1) is 19.3. The second kappa shape index (κ2) is 8.38. The molecule has 0 aliphatic heterocycles. The van der Waals surface area contributed by atoms with Gasteiger partial charge < -0.3 is 19.9 Å². The Labute approximate surface area is 152 Å². The van der Waals surface area contributed by atoms with Crippen LogP contribution in [0.25, 0.3) is 0 Å². The van der Waals surface area contributed by atoms with Crippen molar-refractivity contribution in [3.63, 3.8) is 0 Å². The Hall–Kier alpha value is -3.02. The normalized spacial score (nSPS) is 10.5. The van der Waals surface area contributed by atoms with E-state index in [0.29, 0.717) is 17.2 Å². The van der Waals surface area contributed by atoms with Gasteiger partial charge in [0, 0.05) is 0 Å². The molecule has 2 aromatic rings. The number of benzene rings is 2. The molecular weight excluding hydrogens is 334 g/mol. The number of carboxylic acids is 1. The third kappa shape index (κ3) is 5.24. The monoisotopic (exact) mass is 357 g/mol. The number of ether oxygens (including phenoxy) is 2. The predicted octanol–water partition coefficient (Wildman–Crippen LogP) is 3.81. The third-order valence-corrected chi connectivity index (χ3v) is 3.55. The Balaban J connectivity index is 2.11. The number of hydrogen-bond acceptors (Lipinski definition) is 4. The minimum absolute atomic E-state index is 0.0618. The molecule has 26 heavy (non-hydrogen) atoms. The lowest BCUT2D eigenvalue weighted by Crippen LogP contribution is -2.21. The molecule has 0 bridgehead atoms. The van der Waals surface area contributed by atoms with E-state index in [1.807, 2.05) is 45.9 Å². The molecule has 0 unspecified atom stereocenters. The smallest absolute Gasteiger partial charge is 0.335 e. The number of aryl methyl sites for hydroxylation is 2. The van der Waals surface area contributed by atoms with Gasteiger partial charge in [0.15, 0.2) is 6.61 Å². The summed E-state index contributed by atoms with van der Waals surface area (Å²) < 4.78 is 11.2. The standard InChI is InChI=1S/C20H23NO5/c1-12(2)26-18-8-6-15(20(23)24)10-16(18)21-19(22)11-25-17-7-5-13(3)9-14(17)4/h5-10,12H,11H2,1-4H3,(H,21,22)(H,23,24). The minimum Gasteiger partial charge on any atom is -0.489 e. The van der Waals surface area contributed by atoms with E-state index in [1.165, 1.54) is 18.2 Å². The Bertz CT molecular complexity index is 814. The number of rotatable bonds is 7. The van der Waals surface area contributed by atoms with E-state index in [2.05, 4.69) is 5.32 Å². The molecule has 0 saturated heterocycles. The first-order valence-electron chi connectivity index (χ1n) is 8.30. The highest BCUT2D eigenvalue weighted by molar-refractivity contribution is 5.96. The molecule has 0 radical (unpaired) electrons. The van der Waals surface area contributed by atoms with Gasteiger partial charge in [0.2, 0.25) is 0 Å². The molecule has 0 saturated carbocycles. The summed E-state index contributed by atoms with van der Waals surface area (Å²) in [6, 6.07) is 10.0. The van der Waals surface area contributed by atoms with Crippen molar-refractivity contribution in [3.05, 3.63) is 53.1 Å². The van der Waals surface area contributed by atoms with Crippen molar-refractivity contribution in [2.45, 2.75) is 33.8 Å². The molecule has 2 aromatic carbocycles. The third-order valence-electron chi connectivity index (χ3n) is 3.55. The van der Waals surface area contributed by atoms with Crippen molar-refractivity contribution in [1.82, 2.24) is 0 Å². The lowest BCUT2D eigenvalue weighted by molar-refractivity contribution is -0.118. The highest BCUT2D eigenvalue weighted by Crippen LogP contribution is 2.27. The SMILES string of the molecule is Cc1ccc(OCC(=O)Nc2cc(C(=O)O)ccc2OC(C)C)c(C)c1. The van der Waals surface area contributed by atoms with Gasteiger partial charge in [-0.2, -0.15) is 0 Å². The number of nitrogens with one attached hydrogen (secondary N) is 1. The zero-order valence-electron chi connectivity index (χ0n) is 15.3. The Morgan fingerprint density at radius 1 is 1.08 bits per heavy atom. The van der Waals surface area contributed by atoms with Crippen molar-refractivity contribution < 1.29 is 24.2 Å². The second-order valence-electron chi connectivity index (χ2n) is 6.29. The summed E-state index contributed by atoms with van der Waals surface area (Å²) >= 11 is 0. The van der Waals surface area contributed by atoms with Crippen LogP contribution in [0.3, 0.4) is 0 Å². The first-order valence-corrected chi connectivity index (χ1v) is 8.30. The fourth-order valence-electron chi connectivity index (χ4n) is 2.41. The highest BCUT2D eigenvalue weighted by atomic mass is 16.5. The van der Waals surface area contributed by atoms with E-state index in [1.54, 1.807) is 0 Å². The molecule has 6 nitrogen and oxygen atoms in total. The quantitative estimate of drug-likeness (QED) is 0.787. The molecular formula is C20H23NO5. The molecule has 0 spiro atoms. The van der Waals surface area contributed by atoms with Crippen LogP contribution in [-0.4, -0.2) is 29.7 Å². The molecule has 0 fully saturated rings. The van der Waals surface area contributed by atoms with Crippen LogP contribution in [0.15, 0.2) is 36.4 Å². The van der Waals surface area contributed by atoms with Crippen LogP contribution < -0.4 is 14.8 Å². The summed E-state index contributed by atoms with van der Waals surface area (Å²) in [5.74, 6) is -0.446. The Kier molecular flexibility index (Phi) is 6.22. The van der Waals surface area contributed by atoms with Gasteiger partial charge in [0.1, 0.15) is 11.5 Å². The van der Waals surface area contributed by atoms with Gasteiger partial charge in [0.25, 0.3) is 5.91 Å². The summed E-state index contributed by atoms with van der Waals surface area (Å²) in [5.41, 5.74) is 2.41. The Morgan fingerprint density at radius 2 is 1.77 bits per heavy atom. The van der Waals surface area contributed by atoms with Crippen molar-refractivity contribution in [1.29, 1.82) is 0 Å². The molecule has 138 valence electrons. The van der Waals surface area contributed by atoms with Crippen molar-refractivity contribution in [2.75, 3.05) is 11.9 Å². The van der Waals surface area contributed by atoms with E-state index in [-0.39, 0.29) is 18.3 Å². The molecule has 2 N–H and O–H groups in total. The number of hydrogen-bond donors (Lipinski definition) is 2. The van der Waals surface area contributed by atoms with Gasteiger partial charge in [-0.25, -0.2) is 4.79 Å². The first-order chi connectivity index (χ1) is 12.3. The fourth-order valence-corrected chi connectivity index (χ4v) is 2.41. The van der Waals surface area contributed by atoms with E-state index >= 15 is 0 Å². The molecule has 0 aromatic heterocycles. The summed E-state index contributed by atoms with van der Waals surface area (Å²) in [4.78, 5) is 23.4. The van der Waals surface area contributed by atoms with Gasteiger partial charge in [-0.1, -0.05) is 17.7 Å². The maximum absolute atomic E-state index is 12.2. The van der Waals surface area contributed by atoms with Crippen molar-refractivity contribution in [3.8, 4) is 11.5 Å². The molecule has 6 heteroatoms. The number of carboxylic acid groups (broad SMARTS) is 1. The van der Waals surface area contributed by atoms with E-state index < -0.39 is 11.9 Å². The van der Waals surface area contributed by atoms with Gasteiger partial charge in [-0.3, -0.25) is 4.79 Å². The largest absolute Gasteiger partial charge is 0.489 e.